The molecule has 1 saturated heterocycles. The first-order valence-corrected chi connectivity index (χ1v) is 8.96. The highest BCUT2D eigenvalue weighted by atomic mass is 32.2. The zero-order valence-corrected chi connectivity index (χ0v) is 13.8. The van der Waals surface area contributed by atoms with Crippen LogP contribution in [-0.4, -0.2) is 30.0 Å². The molecule has 1 heterocycles. The Bertz CT molecular complexity index is 430. The summed E-state index contributed by atoms with van der Waals surface area (Å²) in [5.41, 5.74) is 1.20. The van der Waals surface area contributed by atoms with E-state index in [1.54, 1.807) is 0 Å². The van der Waals surface area contributed by atoms with Crippen LogP contribution in [0.2, 0.25) is 0 Å². The first kappa shape index (κ1) is 16.4. The fourth-order valence-corrected chi connectivity index (χ4v) is 3.61. The molecule has 1 aromatic carbocycles. The Balaban J connectivity index is 1.92. The van der Waals surface area contributed by atoms with E-state index in [2.05, 4.69) is 36.6 Å². The summed E-state index contributed by atoms with van der Waals surface area (Å²) in [6, 6.07) is 10.7. The Morgan fingerprint density at radius 1 is 1.38 bits per heavy atom. The molecule has 2 atom stereocenters. The third-order valence-corrected chi connectivity index (χ3v) is 4.81. The molecule has 2 rings (SSSR count). The molecule has 1 aliphatic rings. The second-order valence-corrected chi connectivity index (χ2v) is 7.24. The highest BCUT2D eigenvalue weighted by molar-refractivity contribution is 7.99. The standard InChI is InChI=1S/C17H26N2OS/c1-13(2)10-16(14-6-4-3-5-7-14)19-17(20)11-15-12-21-9-8-18-15/h3-7,13,15-16,18H,8-12H2,1-2H3,(H,19,20). The molecule has 1 aliphatic heterocycles. The molecule has 2 N–H and O–H groups in total. The van der Waals surface area contributed by atoms with E-state index in [-0.39, 0.29) is 11.9 Å². The average Bonchev–Trinajstić information content (AvgIpc) is 2.48. The van der Waals surface area contributed by atoms with Crippen LogP contribution in [0.25, 0.3) is 0 Å². The summed E-state index contributed by atoms with van der Waals surface area (Å²) in [4.78, 5) is 12.3. The number of hydrogen-bond donors (Lipinski definition) is 2. The van der Waals surface area contributed by atoms with Crippen molar-refractivity contribution >= 4 is 17.7 Å². The quantitative estimate of drug-likeness (QED) is 0.849. The van der Waals surface area contributed by atoms with Crippen LogP contribution in [0.15, 0.2) is 30.3 Å². The minimum absolute atomic E-state index is 0.120. The predicted molar refractivity (Wildman–Crippen MR) is 90.5 cm³/mol. The molecule has 4 heteroatoms. The summed E-state index contributed by atoms with van der Waals surface area (Å²) in [7, 11) is 0. The summed E-state index contributed by atoms with van der Waals surface area (Å²) < 4.78 is 0. The van der Waals surface area contributed by atoms with E-state index in [1.807, 2.05) is 30.0 Å². The van der Waals surface area contributed by atoms with Crippen LogP contribution in [0.1, 0.15) is 38.3 Å². The first-order chi connectivity index (χ1) is 10.1. The molecule has 1 amide bonds. The molecule has 2 unspecified atom stereocenters. The summed E-state index contributed by atoms with van der Waals surface area (Å²) >= 11 is 1.93. The molecule has 0 spiro atoms. The van der Waals surface area contributed by atoms with Crippen LogP contribution in [0, 0.1) is 5.92 Å². The van der Waals surface area contributed by atoms with Gasteiger partial charge in [-0.1, -0.05) is 44.2 Å². The van der Waals surface area contributed by atoms with E-state index in [0.29, 0.717) is 18.4 Å². The van der Waals surface area contributed by atoms with Gasteiger partial charge in [-0.05, 0) is 17.9 Å². The number of carbonyl (C=O) groups is 1. The SMILES string of the molecule is CC(C)CC(NC(=O)CC1CSCCN1)c1ccccc1. The van der Waals surface area contributed by atoms with Crippen LogP contribution < -0.4 is 10.6 Å². The minimum atomic E-state index is 0.120. The smallest absolute Gasteiger partial charge is 0.222 e. The van der Waals surface area contributed by atoms with Crippen LogP contribution in [-0.2, 0) is 4.79 Å². The van der Waals surface area contributed by atoms with Gasteiger partial charge in [0.1, 0.15) is 0 Å². The lowest BCUT2D eigenvalue weighted by atomic mass is 9.96. The lowest BCUT2D eigenvalue weighted by Gasteiger charge is -2.25. The van der Waals surface area contributed by atoms with Crippen molar-refractivity contribution in [3.63, 3.8) is 0 Å². The fraction of sp³-hybridized carbons (Fsp3) is 0.588. The van der Waals surface area contributed by atoms with Gasteiger partial charge in [0.25, 0.3) is 0 Å². The monoisotopic (exact) mass is 306 g/mol. The molecule has 116 valence electrons. The van der Waals surface area contributed by atoms with Crippen molar-refractivity contribution in [3.05, 3.63) is 35.9 Å². The van der Waals surface area contributed by atoms with Crippen LogP contribution in [0.5, 0.6) is 0 Å². The maximum Gasteiger partial charge on any atom is 0.222 e. The lowest BCUT2D eigenvalue weighted by Crippen LogP contribution is -2.42. The third-order valence-electron chi connectivity index (χ3n) is 3.67. The van der Waals surface area contributed by atoms with Crippen molar-refractivity contribution in [2.24, 2.45) is 5.92 Å². The van der Waals surface area contributed by atoms with Crippen molar-refractivity contribution in [1.29, 1.82) is 0 Å². The molecule has 0 aliphatic carbocycles. The second kappa shape index (κ2) is 8.44. The van der Waals surface area contributed by atoms with Crippen molar-refractivity contribution in [2.75, 3.05) is 18.1 Å². The molecular weight excluding hydrogens is 280 g/mol. The van der Waals surface area contributed by atoms with Gasteiger partial charge in [-0.15, -0.1) is 0 Å². The van der Waals surface area contributed by atoms with Crippen molar-refractivity contribution < 1.29 is 4.79 Å². The van der Waals surface area contributed by atoms with Gasteiger partial charge in [-0.25, -0.2) is 0 Å². The summed E-state index contributed by atoms with van der Waals surface area (Å²) in [5.74, 6) is 2.90. The Morgan fingerprint density at radius 2 is 2.14 bits per heavy atom. The van der Waals surface area contributed by atoms with E-state index in [4.69, 9.17) is 0 Å². The van der Waals surface area contributed by atoms with Crippen molar-refractivity contribution in [1.82, 2.24) is 10.6 Å². The number of nitrogens with one attached hydrogen (secondary N) is 2. The van der Waals surface area contributed by atoms with Crippen molar-refractivity contribution in [3.8, 4) is 0 Å². The van der Waals surface area contributed by atoms with Gasteiger partial charge in [0.05, 0.1) is 6.04 Å². The Hall–Kier alpha value is -1.00. The van der Waals surface area contributed by atoms with E-state index in [0.717, 1.165) is 24.5 Å². The average molecular weight is 306 g/mol. The largest absolute Gasteiger partial charge is 0.349 e. The highest BCUT2D eigenvalue weighted by Gasteiger charge is 2.20. The van der Waals surface area contributed by atoms with Crippen LogP contribution >= 0.6 is 11.8 Å². The predicted octanol–water partition coefficient (Wildman–Crippen LogP) is 2.99. The molecule has 0 aromatic heterocycles. The van der Waals surface area contributed by atoms with Gasteiger partial charge in [-0.2, -0.15) is 11.8 Å². The van der Waals surface area contributed by atoms with Gasteiger partial charge in [-0.3, -0.25) is 4.79 Å². The molecule has 0 radical (unpaired) electrons. The molecule has 1 fully saturated rings. The van der Waals surface area contributed by atoms with Crippen LogP contribution in [0.4, 0.5) is 0 Å². The summed E-state index contributed by atoms with van der Waals surface area (Å²) in [6.07, 6.45) is 1.55. The molecule has 0 bridgehead atoms. The van der Waals surface area contributed by atoms with Gasteiger partial charge in [0.2, 0.25) is 5.91 Å². The first-order valence-electron chi connectivity index (χ1n) is 7.80. The van der Waals surface area contributed by atoms with E-state index < -0.39 is 0 Å². The number of amides is 1. The maximum absolute atomic E-state index is 12.3. The molecular formula is C17H26N2OS. The molecule has 3 nitrogen and oxygen atoms in total. The number of thioether (sulfide) groups is 1. The zero-order chi connectivity index (χ0) is 15.1. The Morgan fingerprint density at radius 3 is 2.76 bits per heavy atom. The number of carbonyl (C=O) groups excluding carboxylic acids is 1. The van der Waals surface area contributed by atoms with Gasteiger partial charge in [0.15, 0.2) is 0 Å². The van der Waals surface area contributed by atoms with Crippen LogP contribution in [0.3, 0.4) is 0 Å². The highest BCUT2D eigenvalue weighted by Crippen LogP contribution is 2.21. The molecule has 0 saturated carbocycles. The number of rotatable bonds is 6. The fourth-order valence-electron chi connectivity index (χ4n) is 2.66. The van der Waals surface area contributed by atoms with E-state index in [1.165, 1.54) is 5.56 Å². The van der Waals surface area contributed by atoms with E-state index in [9.17, 15) is 4.79 Å². The van der Waals surface area contributed by atoms with E-state index >= 15 is 0 Å². The number of hydrogen-bond acceptors (Lipinski definition) is 3. The molecule has 1 aromatic rings. The summed E-state index contributed by atoms with van der Waals surface area (Å²) in [6.45, 7) is 5.40. The third kappa shape index (κ3) is 5.71. The Labute approximate surface area is 132 Å². The lowest BCUT2D eigenvalue weighted by molar-refractivity contribution is -0.122. The van der Waals surface area contributed by atoms with Gasteiger partial charge < -0.3 is 10.6 Å². The normalized spacial score (nSPS) is 20.2. The maximum atomic E-state index is 12.3. The number of benzene rings is 1. The van der Waals surface area contributed by atoms with Gasteiger partial charge >= 0.3 is 0 Å². The molecule has 21 heavy (non-hydrogen) atoms. The second-order valence-electron chi connectivity index (χ2n) is 6.09. The minimum Gasteiger partial charge on any atom is -0.349 e. The summed E-state index contributed by atoms with van der Waals surface area (Å²) in [5, 5.41) is 6.65. The Kier molecular flexibility index (Phi) is 6.58. The van der Waals surface area contributed by atoms with Crippen molar-refractivity contribution in [2.45, 2.75) is 38.8 Å². The van der Waals surface area contributed by atoms with Gasteiger partial charge in [0, 0.05) is 30.5 Å². The zero-order valence-electron chi connectivity index (χ0n) is 13.0. The topological polar surface area (TPSA) is 41.1 Å².